The number of hydrogen-bond acceptors (Lipinski definition) is 3. The lowest BCUT2D eigenvalue weighted by molar-refractivity contribution is 0.0946. The molecule has 4 N–H and O–H groups in total. The van der Waals surface area contributed by atoms with Crippen LogP contribution in [0.4, 0.5) is 5.69 Å². The predicted molar refractivity (Wildman–Crippen MR) is 76.2 cm³/mol. The van der Waals surface area contributed by atoms with Crippen LogP contribution in [0.1, 0.15) is 23.7 Å². The number of benzene rings is 1. The van der Waals surface area contributed by atoms with E-state index < -0.39 is 0 Å². The number of carbonyl (C=O) groups excluding carboxylic acids is 1. The van der Waals surface area contributed by atoms with E-state index >= 15 is 0 Å². The maximum absolute atomic E-state index is 12.0. The summed E-state index contributed by atoms with van der Waals surface area (Å²) in [5.74, 6) is -0.0764. The number of carbonyl (C=O) groups is 1. The molecule has 0 aliphatic heterocycles. The highest BCUT2D eigenvalue weighted by atomic mass is 16.5. The van der Waals surface area contributed by atoms with Gasteiger partial charge in [0, 0.05) is 42.5 Å². The zero-order valence-electron chi connectivity index (χ0n) is 11.0. The quantitative estimate of drug-likeness (QED) is 0.549. The number of amides is 1. The number of nitrogens with two attached hydrogens (primary N) is 1. The molecule has 19 heavy (non-hydrogen) atoms. The van der Waals surface area contributed by atoms with Crippen LogP contribution in [0.2, 0.25) is 0 Å². The Morgan fingerprint density at radius 3 is 3.11 bits per heavy atom. The third-order valence-corrected chi connectivity index (χ3v) is 2.91. The van der Waals surface area contributed by atoms with Crippen LogP contribution >= 0.6 is 0 Å². The second-order valence-corrected chi connectivity index (χ2v) is 4.31. The Balaban J connectivity index is 1.97. The average Bonchev–Trinajstić information content (AvgIpc) is 2.81. The molecular formula is C14H19N3O2. The van der Waals surface area contributed by atoms with Crippen molar-refractivity contribution in [3.63, 3.8) is 0 Å². The fourth-order valence-corrected chi connectivity index (χ4v) is 1.95. The monoisotopic (exact) mass is 261 g/mol. The molecule has 1 heterocycles. The average molecular weight is 261 g/mol. The van der Waals surface area contributed by atoms with Gasteiger partial charge >= 0.3 is 0 Å². The first-order chi connectivity index (χ1) is 9.22. The highest BCUT2D eigenvalue weighted by molar-refractivity contribution is 6.07. The highest BCUT2D eigenvalue weighted by Gasteiger charge is 2.11. The molecule has 0 aliphatic carbocycles. The molecule has 0 spiro atoms. The summed E-state index contributed by atoms with van der Waals surface area (Å²) in [7, 11) is 0. The van der Waals surface area contributed by atoms with Gasteiger partial charge in [0.25, 0.3) is 5.91 Å². The number of anilines is 1. The van der Waals surface area contributed by atoms with Crippen molar-refractivity contribution in [2.24, 2.45) is 0 Å². The molecular weight excluding hydrogens is 242 g/mol. The highest BCUT2D eigenvalue weighted by Crippen LogP contribution is 2.20. The molecule has 1 aromatic heterocycles. The Kier molecular flexibility index (Phi) is 4.41. The van der Waals surface area contributed by atoms with Gasteiger partial charge in [0.15, 0.2) is 0 Å². The lowest BCUT2D eigenvalue weighted by Crippen LogP contribution is -2.25. The van der Waals surface area contributed by atoms with Crippen LogP contribution in [-0.2, 0) is 4.74 Å². The second-order valence-electron chi connectivity index (χ2n) is 4.31. The van der Waals surface area contributed by atoms with Crippen LogP contribution in [-0.4, -0.2) is 30.6 Å². The van der Waals surface area contributed by atoms with Gasteiger partial charge in [-0.15, -0.1) is 0 Å². The molecule has 0 radical (unpaired) electrons. The van der Waals surface area contributed by atoms with Crippen molar-refractivity contribution in [1.82, 2.24) is 10.3 Å². The summed E-state index contributed by atoms with van der Waals surface area (Å²) in [5.41, 5.74) is 7.90. The van der Waals surface area contributed by atoms with Crippen molar-refractivity contribution < 1.29 is 9.53 Å². The summed E-state index contributed by atoms with van der Waals surface area (Å²) < 4.78 is 5.22. The van der Waals surface area contributed by atoms with Gasteiger partial charge in [-0.2, -0.15) is 0 Å². The predicted octanol–water partition coefficient (Wildman–Crippen LogP) is 1.91. The van der Waals surface area contributed by atoms with E-state index in [0.717, 1.165) is 17.3 Å². The smallest absolute Gasteiger partial charge is 0.253 e. The normalized spacial score (nSPS) is 10.8. The molecule has 2 aromatic rings. The fraction of sp³-hybridized carbons (Fsp3) is 0.357. The summed E-state index contributed by atoms with van der Waals surface area (Å²) in [6.45, 7) is 3.94. The van der Waals surface area contributed by atoms with Gasteiger partial charge in [-0.1, -0.05) is 0 Å². The summed E-state index contributed by atoms with van der Waals surface area (Å²) in [4.78, 5) is 15.1. The van der Waals surface area contributed by atoms with Crippen molar-refractivity contribution in [2.75, 3.05) is 25.5 Å². The number of aromatic nitrogens is 1. The zero-order chi connectivity index (χ0) is 13.7. The second kappa shape index (κ2) is 6.24. The minimum Gasteiger partial charge on any atom is -0.399 e. The lowest BCUT2D eigenvalue weighted by Gasteiger charge is -2.04. The van der Waals surface area contributed by atoms with Crippen molar-refractivity contribution in [1.29, 1.82) is 0 Å². The molecule has 5 heteroatoms. The fourth-order valence-electron chi connectivity index (χ4n) is 1.95. The zero-order valence-corrected chi connectivity index (χ0v) is 11.0. The number of aromatic amines is 1. The maximum atomic E-state index is 12.0. The van der Waals surface area contributed by atoms with Crippen LogP contribution in [0, 0.1) is 0 Å². The molecule has 0 saturated carbocycles. The van der Waals surface area contributed by atoms with Gasteiger partial charge in [0.05, 0.1) is 5.56 Å². The van der Waals surface area contributed by atoms with E-state index in [9.17, 15) is 4.79 Å². The van der Waals surface area contributed by atoms with Crippen LogP contribution in [0.3, 0.4) is 0 Å². The van der Waals surface area contributed by atoms with Crippen LogP contribution < -0.4 is 11.1 Å². The van der Waals surface area contributed by atoms with Gasteiger partial charge < -0.3 is 20.8 Å². The molecule has 0 fully saturated rings. The van der Waals surface area contributed by atoms with Crippen LogP contribution in [0.5, 0.6) is 0 Å². The maximum Gasteiger partial charge on any atom is 0.253 e. The molecule has 0 unspecified atom stereocenters. The number of nitrogens with one attached hydrogen (secondary N) is 2. The van der Waals surface area contributed by atoms with Gasteiger partial charge in [-0.05, 0) is 31.5 Å². The van der Waals surface area contributed by atoms with Crippen molar-refractivity contribution in [2.45, 2.75) is 13.3 Å². The van der Waals surface area contributed by atoms with E-state index in [1.165, 1.54) is 0 Å². The number of H-pyrrole nitrogens is 1. The first-order valence-electron chi connectivity index (χ1n) is 6.45. The van der Waals surface area contributed by atoms with Gasteiger partial charge in [-0.3, -0.25) is 4.79 Å². The Bertz CT molecular complexity index is 563. The van der Waals surface area contributed by atoms with Gasteiger partial charge in [-0.25, -0.2) is 0 Å². The summed E-state index contributed by atoms with van der Waals surface area (Å²) in [6, 6.07) is 5.47. The standard InChI is InChI=1S/C14H19N3O2/c1-2-19-7-3-6-16-14(18)12-9-17-13-8-10(15)4-5-11(12)13/h4-5,8-9,17H,2-3,6-7,15H2,1H3,(H,16,18). The topological polar surface area (TPSA) is 80.1 Å². The van der Waals surface area contributed by atoms with Gasteiger partial charge in [0.2, 0.25) is 0 Å². The number of fused-ring (bicyclic) bond motifs is 1. The van der Waals surface area contributed by atoms with E-state index in [0.29, 0.717) is 31.0 Å². The Morgan fingerprint density at radius 1 is 1.47 bits per heavy atom. The lowest BCUT2D eigenvalue weighted by atomic mass is 10.1. The molecule has 102 valence electrons. The van der Waals surface area contributed by atoms with E-state index in [4.69, 9.17) is 10.5 Å². The van der Waals surface area contributed by atoms with Gasteiger partial charge in [0.1, 0.15) is 0 Å². The molecule has 2 rings (SSSR count). The Morgan fingerprint density at radius 2 is 2.32 bits per heavy atom. The third kappa shape index (κ3) is 3.26. The summed E-state index contributed by atoms with van der Waals surface area (Å²) in [6.07, 6.45) is 2.52. The van der Waals surface area contributed by atoms with Crippen molar-refractivity contribution >= 4 is 22.5 Å². The molecule has 1 amide bonds. The molecule has 0 atom stereocenters. The van der Waals surface area contributed by atoms with Crippen LogP contribution in [0.25, 0.3) is 10.9 Å². The first-order valence-corrected chi connectivity index (χ1v) is 6.45. The Hall–Kier alpha value is -2.01. The minimum absolute atomic E-state index is 0.0764. The molecule has 0 saturated heterocycles. The summed E-state index contributed by atoms with van der Waals surface area (Å²) in [5, 5.41) is 3.77. The van der Waals surface area contributed by atoms with Crippen LogP contribution in [0.15, 0.2) is 24.4 Å². The third-order valence-electron chi connectivity index (χ3n) is 2.91. The number of rotatable bonds is 6. The summed E-state index contributed by atoms with van der Waals surface area (Å²) >= 11 is 0. The minimum atomic E-state index is -0.0764. The van der Waals surface area contributed by atoms with Crippen molar-refractivity contribution in [3.05, 3.63) is 30.0 Å². The number of nitrogen functional groups attached to an aromatic ring is 1. The molecule has 0 bridgehead atoms. The Labute approximate surface area is 112 Å². The van der Waals surface area contributed by atoms with Crippen molar-refractivity contribution in [3.8, 4) is 0 Å². The van der Waals surface area contributed by atoms with E-state index in [1.54, 1.807) is 12.3 Å². The number of hydrogen-bond donors (Lipinski definition) is 3. The molecule has 5 nitrogen and oxygen atoms in total. The van der Waals surface area contributed by atoms with E-state index in [-0.39, 0.29) is 5.91 Å². The SMILES string of the molecule is CCOCCCNC(=O)c1c[nH]c2cc(N)ccc12. The molecule has 1 aromatic carbocycles. The first kappa shape index (κ1) is 13.4. The van der Waals surface area contributed by atoms with E-state index in [2.05, 4.69) is 10.3 Å². The van der Waals surface area contributed by atoms with E-state index in [1.807, 2.05) is 19.1 Å². The largest absolute Gasteiger partial charge is 0.399 e. The molecule has 0 aliphatic rings. The number of ether oxygens (including phenoxy) is 1.